The second kappa shape index (κ2) is 7.11. The van der Waals surface area contributed by atoms with Crippen molar-refractivity contribution in [2.45, 2.75) is 6.92 Å². The highest BCUT2D eigenvalue weighted by Gasteiger charge is 2.04. The van der Waals surface area contributed by atoms with Crippen LogP contribution in [-0.4, -0.2) is 9.97 Å². The molecular formula is C18H14BrN5. The Bertz CT molecular complexity index is 883. The molecular weight excluding hydrogens is 366 g/mol. The van der Waals surface area contributed by atoms with Gasteiger partial charge in [-0.2, -0.15) is 5.26 Å². The highest BCUT2D eigenvalue weighted by molar-refractivity contribution is 9.10. The van der Waals surface area contributed by atoms with Gasteiger partial charge < -0.3 is 10.6 Å². The van der Waals surface area contributed by atoms with E-state index in [-0.39, 0.29) is 0 Å². The van der Waals surface area contributed by atoms with E-state index in [1.807, 2.05) is 49.4 Å². The zero-order valence-corrected chi connectivity index (χ0v) is 14.5. The Hall–Kier alpha value is -2.91. The molecule has 0 aliphatic rings. The van der Waals surface area contributed by atoms with Crippen molar-refractivity contribution in [2.24, 2.45) is 0 Å². The van der Waals surface area contributed by atoms with Gasteiger partial charge in [0.05, 0.1) is 11.6 Å². The van der Waals surface area contributed by atoms with Crippen molar-refractivity contribution >= 4 is 38.9 Å². The van der Waals surface area contributed by atoms with E-state index in [0.29, 0.717) is 23.0 Å². The molecule has 0 aliphatic carbocycles. The van der Waals surface area contributed by atoms with E-state index in [2.05, 4.69) is 42.6 Å². The molecule has 0 aliphatic heterocycles. The molecule has 0 unspecified atom stereocenters. The summed E-state index contributed by atoms with van der Waals surface area (Å²) in [6.45, 7) is 1.84. The number of aromatic nitrogens is 2. The van der Waals surface area contributed by atoms with Crippen LogP contribution in [0.2, 0.25) is 0 Å². The van der Waals surface area contributed by atoms with Crippen molar-refractivity contribution in [1.29, 1.82) is 5.26 Å². The van der Waals surface area contributed by atoms with Crippen LogP contribution >= 0.6 is 15.9 Å². The number of aryl methyl sites for hydroxylation is 1. The predicted octanol–water partition coefficient (Wildman–Crippen LogP) is 4.91. The third-order valence-electron chi connectivity index (χ3n) is 3.24. The monoisotopic (exact) mass is 379 g/mol. The topological polar surface area (TPSA) is 73.6 Å². The van der Waals surface area contributed by atoms with Gasteiger partial charge in [0.15, 0.2) is 0 Å². The summed E-state index contributed by atoms with van der Waals surface area (Å²) in [5, 5.41) is 15.3. The average Bonchev–Trinajstić information content (AvgIpc) is 2.57. The molecule has 0 spiro atoms. The summed E-state index contributed by atoms with van der Waals surface area (Å²) < 4.78 is 1.02. The number of halogens is 1. The van der Waals surface area contributed by atoms with Crippen LogP contribution in [0.15, 0.2) is 59.1 Å². The Balaban J connectivity index is 1.80. The van der Waals surface area contributed by atoms with Crippen LogP contribution in [0.5, 0.6) is 0 Å². The highest BCUT2D eigenvalue weighted by atomic mass is 79.9. The summed E-state index contributed by atoms with van der Waals surface area (Å²) in [6, 6.07) is 19.0. The minimum atomic E-state index is 0.622. The molecule has 2 aromatic carbocycles. The van der Waals surface area contributed by atoms with Crippen molar-refractivity contribution in [3.63, 3.8) is 0 Å². The van der Waals surface area contributed by atoms with E-state index >= 15 is 0 Å². The lowest BCUT2D eigenvalue weighted by atomic mass is 10.2. The van der Waals surface area contributed by atoms with Crippen LogP contribution < -0.4 is 10.6 Å². The summed E-state index contributed by atoms with van der Waals surface area (Å²) >= 11 is 3.42. The third-order valence-corrected chi connectivity index (χ3v) is 3.77. The first-order valence-corrected chi connectivity index (χ1v) is 8.07. The third kappa shape index (κ3) is 4.09. The van der Waals surface area contributed by atoms with Crippen molar-refractivity contribution in [1.82, 2.24) is 9.97 Å². The van der Waals surface area contributed by atoms with E-state index in [1.165, 1.54) is 0 Å². The molecule has 0 bridgehead atoms. The van der Waals surface area contributed by atoms with E-state index in [4.69, 9.17) is 5.26 Å². The minimum Gasteiger partial charge on any atom is -0.340 e. The molecule has 0 amide bonds. The fourth-order valence-corrected chi connectivity index (χ4v) is 2.42. The number of hydrogen-bond acceptors (Lipinski definition) is 5. The molecule has 6 heteroatoms. The lowest BCUT2D eigenvalue weighted by Gasteiger charge is -2.10. The molecule has 118 valence electrons. The van der Waals surface area contributed by atoms with Gasteiger partial charge in [0.1, 0.15) is 17.5 Å². The van der Waals surface area contributed by atoms with Gasteiger partial charge in [-0.05, 0) is 55.5 Å². The van der Waals surface area contributed by atoms with Crippen LogP contribution in [-0.2, 0) is 0 Å². The normalized spacial score (nSPS) is 10.0. The smallest absolute Gasteiger partial charge is 0.136 e. The molecule has 1 heterocycles. The van der Waals surface area contributed by atoms with Gasteiger partial charge >= 0.3 is 0 Å². The molecule has 3 rings (SSSR count). The van der Waals surface area contributed by atoms with Gasteiger partial charge in [-0.15, -0.1) is 0 Å². The van der Waals surface area contributed by atoms with Crippen molar-refractivity contribution in [3.8, 4) is 6.07 Å². The summed E-state index contributed by atoms with van der Waals surface area (Å²) in [6.07, 6.45) is 0. The lowest BCUT2D eigenvalue weighted by Crippen LogP contribution is -2.01. The van der Waals surface area contributed by atoms with Gasteiger partial charge in [-0.3, -0.25) is 0 Å². The maximum Gasteiger partial charge on any atom is 0.136 e. The first-order chi connectivity index (χ1) is 11.6. The second-order valence-electron chi connectivity index (χ2n) is 5.13. The lowest BCUT2D eigenvalue weighted by molar-refractivity contribution is 1.06. The maximum atomic E-state index is 8.85. The minimum absolute atomic E-state index is 0.622. The average molecular weight is 380 g/mol. The molecule has 0 saturated carbocycles. The summed E-state index contributed by atoms with van der Waals surface area (Å²) in [5.41, 5.74) is 2.43. The molecule has 0 saturated heterocycles. The van der Waals surface area contributed by atoms with Gasteiger partial charge in [-0.25, -0.2) is 9.97 Å². The number of hydrogen-bond donors (Lipinski definition) is 2. The van der Waals surface area contributed by atoms with Crippen LogP contribution in [0.25, 0.3) is 0 Å². The zero-order valence-electron chi connectivity index (χ0n) is 12.9. The van der Waals surface area contributed by atoms with Gasteiger partial charge in [0, 0.05) is 21.9 Å². The van der Waals surface area contributed by atoms with E-state index < -0.39 is 0 Å². The van der Waals surface area contributed by atoms with Gasteiger partial charge in [0.2, 0.25) is 0 Å². The number of nitrogens with zero attached hydrogens (tertiary/aromatic N) is 3. The highest BCUT2D eigenvalue weighted by Crippen LogP contribution is 2.21. The molecule has 0 fully saturated rings. The SMILES string of the molecule is Cc1nc(Nc2ccc(Br)cc2)cc(Nc2ccc(C#N)cc2)n1. The van der Waals surface area contributed by atoms with Gasteiger partial charge in [0.25, 0.3) is 0 Å². The van der Waals surface area contributed by atoms with Crippen LogP contribution in [0.1, 0.15) is 11.4 Å². The number of rotatable bonds is 4. The molecule has 2 N–H and O–H groups in total. The van der Waals surface area contributed by atoms with Crippen molar-refractivity contribution < 1.29 is 0 Å². The first kappa shape index (κ1) is 16.0. The molecule has 24 heavy (non-hydrogen) atoms. The quantitative estimate of drug-likeness (QED) is 0.673. The van der Waals surface area contributed by atoms with E-state index in [0.717, 1.165) is 15.8 Å². The Morgan fingerprint density at radius 3 is 1.88 bits per heavy atom. The molecule has 5 nitrogen and oxygen atoms in total. The van der Waals surface area contributed by atoms with Crippen LogP contribution in [0, 0.1) is 18.3 Å². The molecule has 0 radical (unpaired) electrons. The number of nitriles is 1. The predicted molar refractivity (Wildman–Crippen MR) is 98.6 cm³/mol. The summed E-state index contributed by atoms with van der Waals surface area (Å²) in [7, 11) is 0. The maximum absolute atomic E-state index is 8.85. The zero-order chi connectivity index (χ0) is 16.9. The Kier molecular flexibility index (Phi) is 4.73. The Morgan fingerprint density at radius 1 is 0.875 bits per heavy atom. The molecule has 0 atom stereocenters. The molecule has 1 aromatic heterocycles. The Morgan fingerprint density at radius 2 is 1.38 bits per heavy atom. The first-order valence-electron chi connectivity index (χ1n) is 7.28. The van der Waals surface area contributed by atoms with Crippen molar-refractivity contribution in [2.75, 3.05) is 10.6 Å². The largest absolute Gasteiger partial charge is 0.340 e. The number of benzene rings is 2. The van der Waals surface area contributed by atoms with Crippen molar-refractivity contribution in [3.05, 3.63) is 70.5 Å². The number of nitrogens with one attached hydrogen (secondary N) is 2. The number of anilines is 4. The van der Waals surface area contributed by atoms with Crippen LogP contribution in [0.3, 0.4) is 0 Å². The van der Waals surface area contributed by atoms with Crippen LogP contribution in [0.4, 0.5) is 23.0 Å². The van der Waals surface area contributed by atoms with E-state index in [1.54, 1.807) is 12.1 Å². The van der Waals surface area contributed by atoms with Gasteiger partial charge in [-0.1, -0.05) is 15.9 Å². The fraction of sp³-hybridized carbons (Fsp3) is 0.0556. The summed E-state index contributed by atoms with van der Waals surface area (Å²) in [5.74, 6) is 2.06. The Labute approximate surface area is 148 Å². The fourth-order valence-electron chi connectivity index (χ4n) is 2.15. The summed E-state index contributed by atoms with van der Waals surface area (Å²) in [4.78, 5) is 8.80. The molecule has 3 aromatic rings. The standard InChI is InChI=1S/C18H14BrN5/c1-12-21-17(23-15-6-2-13(11-20)3-7-15)10-18(22-12)24-16-8-4-14(19)5-9-16/h2-10H,1H3,(H2,21,22,23,24). The van der Waals surface area contributed by atoms with E-state index in [9.17, 15) is 0 Å². The second-order valence-corrected chi connectivity index (χ2v) is 6.05.